The average molecular weight is 365 g/mol. The Labute approximate surface area is 156 Å². The zero-order valence-corrected chi connectivity index (χ0v) is 15.0. The number of nitrogens with zero attached hydrogens (tertiary/aromatic N) is 2. The predicted octanol–water partition coefficient (Wildman–Crippen LogP) is 5.48. The fourth-order valence-electron chi connectivity index (χ4n) is 3.62. The van der Waals surface area contributed by atoms with Crippen molar-refractivity contribution >= 4 is 17.3 Å². The summed E-state index contributed by atoms with van der Waals surface area (Å²) in [5, 5.41) is 7.62. The van der Waals surface area contributed by atoms with Gasteiger partial charge >= 0.3 is 0 Å². The lowest BCUT2D eigenvalue weighted by Crippen LogP contribution is -2.33. The van der Waals surface area contributed by atoms with E-state index in [0.717, 1.165) is 40.5 Å². The van der Waals surface area contributed by atoms with Crippen LogP contribution in [-0.4, -0.2) is 10.7 Å². The number of para-hydroxylation sites is 1. The summed E-state index contributed by atoms with van der Waals surface area (Å²) in [4.78, 5) is 0. The zero-order valence-electron chi connectivity index (χ0n) is 14.2. The molecule has 2 aliphatic heterocycles. The monoisotopic (exact) mass is 364 g/mol. The quantitative estimate of drug-likeness (QED) is 0.604. The minimum atomic E-state index is -0.291. The molecule has 3 aromatic rings. The van der Waals surface area contributed by atoms with Gasteiger partial charge in [0.15, 0.2) is 0 Å². The summed E-state index contributed by atoms with van der Waals surface area (Å²) < 4.78 is 12.1. The third kappa shape index (κ3) is 2.49. The van der Waals surface area contributed by atoms with Crippen LogP contribution in [0.5, 0.6) is 5.75 Å². The van der Waals surface area contributed by atoms with Crippen molar-refractivity contribution in [2.75, 3.05) is 0 Å². The summed E-state index contributed by atoms with van der Waals surface area (Å²) in [5.41, 5.74) is 3.12. The van der Waals surface area contributed by atoms with Crippen LogP contribution in [0.15, 0.2) is 70.2 Å². The highest BCUT2D eigenvalue weighted by Crippen LogP contribution is 2.47. The maximum Gasteiger partial charge on any atom is 0.213 e. The molecule has 130 valence electrons. The van der Waals surface area contributed by atoms with E-state index in [-0.39, 0.29) is 12.3 Å². The zero-order chi connectivity index (χ0) is 17.7. The molecule has 5 heteroatoms. The van der Waals surface area contributed by atoms with Crippen LogP contribution in [0.25, 0.3) is 0 Å². The topological polar surface area (TPSA) is 38.0 Å². The Balaban J connectivity index is 1.59. The second-order valence-corrected chi connectivity index (χ2v) is 7.05. The lowest BCUT2D eigenvalue weighted by molar-refractivity contribution is -0.0190. The second kappa shape index (κ2) is 5.92. The van der Waals surface area contributed by atoms with Crippen molar-refractivity contribution in [2.45, 2.75) is 25.6 Å². The normalized spacial score (nSPS) is 21.0. The Morgan fingerprint density at radius 1 is 1.04 bits per heavy atom. The summed E-state index contributed by atoms with van der Waals surface area (Å²) in [5.74, 6) is 2.61. The van der Waals surface area contributed by atoms with Gasteiger partial charge in [-0.25, -0.2) is 5.01 Å². The number of ether oxygens (including phenoxy) is 1. The van der Waals surface area contributed by atoms with Crippen LogP contribution in [0, 0.1) is 6.92 Å². The minimum Gasteiger partial charge on any atom is -0.464 e. The first kappa shape index (κ1) is 15.5. The van der Waals surface area contributed by atoms with Gasteiger partial charge in [-0.15, -0.1) is 0 Å². The molecule has 0 amide bonds. The molecule has 0 saturated carbocycles. The van der Waals surface area contributed by atoms with E-state index >= 15 is 0 Å². The maximum atomic E-state index is 6.31. The number of benzene rings is 2. The van der Waals surface area contributed by atoms with Crippen molar-refractivity contribution in [2.24, 2.45) is 5.10 Å². The summed E-state index contributed by atoms with van der Waals surface area (Å²) in [6.07, 6.45) is 0.498. The number of rotatable bonds is 2. The van der Waals surface area contributed by atoms with Crippen molar-refractivity contribution in [1.29, 1.82) is 0 Å². The molecule has 1 aromatic heterocycles. The molecule has 0 saturated heterocycles. The van der Waals surface area contributed by atoms with Gasteiger partial charge < -0.3 is 9.15 Å². The molecular weight excluding hydrogens is 348 g/mol. The van der Waals surface area contributed by atoms with Crippen LogP contribution in [0.3, 0.4) is 0 Å². The van der Waals surface area contributed by atoms with Crippen molar-refractivity contribution in [1.82, 2.24) is 5.01 Å². The molecule has 0 bridgehead atoms. The molecule has 0 radical (unpaired) electrons. The predicted molar refractivity (Wildman–Crippen MR) is 100 cm³/mol. The van der Waals surface area contributed by atoms with Gasteiger partial charge in [0.1, 0.15) is 23.0 Å². The van der Waals surface area contributed by atoms with E-state index < -0.39 is 0 Å². The van der Waals surface area contributed by atoms with Gasteiger partial charge in [0.05, 0.1) is 6.04 Å². The van der Waals surface area contributed by atoms with Crippen molar-refractivity contribution in [3.05, 3.63) is 88.3 Å². The lowest BCUT2D eigenvalue weighted by Gasteiger charge is -2.38. The first-order valence-electron chi connectivity index (χ1n) is 8.63. The van der Waals surface area contributed by atoms with E-state index in [2.05, 4.69) is 6.07 Å². The third-order valence-electron chi connectivity index (χ3n) is 4.88. The first-order valence-corrected chi connectivity index (χ1v) is 9.00. The Hall–Kier alpha value is -2.72. The molecule has 5 rings (SSSR count). The highest BCUT2D eigenvalue weighted by molar-refractivity contribution is 6.30. The smallest absolute Gasteiger partial charge is 0.213 e. The summed E-state index contributed by atoms with van der Waals surface area (Å²) >= 11 is 6.05. The molecule has 2 atom stereocenters. The van der Waals surface area contributed by atoms with Crippen LogP contribution in [-0.2, 0) is 0 Å². The van der Waals surface area contributed by atoms with Crippen molar-refractivity contribution < 1.29 is 9.15 Å². The van der Waals surface area contributed by atoms with Gasteiger partial charge in [-0.1, -0.05) is 41.9 Å². The molecule has 0 aliphatic carbocycles. The van der Waals surface area contributed by atoms with E-state index in [0.29, 0.717) is 5.02 Å². The Morgan fingerprint density at radius 2 is 1.85 bits per heavy atom. The molecule has 2 aromatic carbocycles. The number of furan rings is 1. The number of hydrogen-bond acceptors (Lipinski definition) is 4. The SMILES string of the molecule is Cc1ccc(C2=NN3[C@H](C2)c2ccccc2O[C@H]3c2ccc(Cl)cc2)o1. The molecule has 3 heterocycles. The minimum absolute atomic E-state index is 0.126. The fraction of sp³-hybridized carbons (Fsp3) is 0.190. The van der Waals surface area contributed by atoms with Crippen LogP contribution in [0.1, 0.15) is 41.3 Å². The highest BCUT2D eigenvalue weighted by Gasteiger charge is 2.41. The molecule has 26 heavy (non-hydrogen) atoms. The Morgan fingerprint density at radius 3 is 2.62 bits per heavy atom. The van der Waals surface area contributed by atoms with Crippen molar-refractivity contribution in [3.8, 4) is 5.75 Å². The maximum absolute atomic E-state index is 6.31. The van der Waals surface area contributed by atoms with E-state index in [9.17, 15) is 0 Å². The lowest BCUT2D eigenvalue weighted by atomic mass is 9.97. The largest absolute Gasteiger partial charge is 0.464 e. The van der Waals surface area contributed by atoms with E-state index in [1.807, 2.05) is 66.5 Å². The van der Waals surface area contributed by atoms with Crippen LogP contribution >= 0.6 is 11.6 Å². The summed E-state index contributed by atoms with van der Waals surface area (Å²) in [7, 11) is 0. The molecule has 2 aliphatic rings. The van der Waals surface area contributed by atoms with Crippen molar-refractivity contribution in [3.63, 3.8) is 0 Å². The van der Waals surface area contributed by atoms with Crippen LogP contribution in [0.4, 0.5) is 0 Å². The van der Waals surface area contributed by atoms with Gasteiger partial charge in [0, 0.05) is 22.6 Å². The number of hydrazone groups is 1. The number of fused-ring (bicyclic) bond motifs is 3. The van der Waals surface area contributed by atoms with Gasteiger partial charge in [0.25, 0.3) is 0 Å². The first-order chi connectivity index (χ1) is 12.7. The molecule has 0 spiro atoms. The number of halogens is 1. The van der Waals surface area contributed by atoms with Gasteiger partial charge in [0.2, 0.25) is 6.23 Å². The van der Waals surface area contributed by atoms with Crippen LogP contribution < -0.4 is 4.74 Å². The van der Waals surface area contributed by atoms with Gasteiger partial charge in [-0.3, -0.25) is 0 Å². The second-order valence-electron chi connectivity index (χ2n) is 6.62. The summed E-state index contributed by atoms with van der Waals surface area (Å²) in [6.45, 7) is 1.95. The van der Waals surface area contributed by atoms with Crippen LogP contribution in [0.2, 0.25) is 5.02 Å². The average Bonchev–Trinajstić information content (AvgIpc) is 3.28. The molecule has 4 nitrogen and oxygen atoms in total. The summed E-state index contributed by atoms with van der Waals surface area (Å²) in [6, 6.07) is 20.0. The molecule has 0 unspecified atom stereocenters. The Bertz CT molecular complexity index is 993. The van der Waals surface area contributed by atoms with E-state index in [1.165, 1.54) is 0 Å². The third-order valence-corrected chi connectivity index (χ3v) is 5.13. The van der Waals surface area contributed by atoms with Gasteiger partial charge in [-0.05, 0) is 37.3 Å². The molecule has 0 N–H and O–H groups in total. The standard InChI is InChI=1S/C21H17ClN2O2/c1-13-6-11-20(25-13)17-12-18-16-4-2-3-5-19(16)26-21(24(18)23-17)14-7-9-15(22)10-8-14/h2-11,18,21H,12H2,1H3/t18-,21+/m1/s1. The number of hydrogen-bond donors (Lipinski definition) is 0. The fourth-order valence-corrected chi connectivity index (χ4v) is 3.75. The molecule has 0 fully saturated rings. The van der Waals surface area contributed by atoms with Gasteiger partial charge in [-0.2, -0.15) is 5.10 Å². The molecular formula is C21H17ClN2O2. The van der Waals surface area contributed by atoms with E-state index in [4.69, 9.17) is 25.9 Å². The highest BCUT2D eigenvalue weighted by atomic mass is 35.5. The Kier molecular flexibility index (Phi) is 3.54. The number of aryl methyl sites for hydroxylation is 1. The van der Waals surface area contributed by atoms with E-state index in [1.54, 1.807) is 0 Å².